The first-order valence-electron chi connectivity index (χ1n) is 5.94. The highest BCUT2D eigenvalue weighted by Gasteiger charge is 2.28. The molecule has 1 saturated heterocycles. The van der Waals surface area contributed by atoms with Gasteiger partial charge in [0.15, 0.2) is 0 Å². The van der Waals surface area contributed by atoms with Gasteiger partial charge < -0.3 is 11.1 Å². The summed E-state index contributed by atoms with van der Waals surface area (Å²) in [7, 11) is 0. The molecule has 0 spiro atoms. The van der Waals surface area contributed by atoms with E-state index in [-0.39, 0.29) is 18.0 Å². The second-order valence-corrected chi connectivity index (χ2v) is 4.63. The summed E-state index contributed by atoms with van der Waals surface area (Å²) in [6.07, 6.45) is 2.76. The molecule has 1 fully saturated rings. The molecule has 0 aromatic rings. The molecule has 4 heteroatoms. The highest BCUT2D eigenvalue weighted by molar-refractivity contribution is 5.81. The van der Waals surface area contributed by atoms with E-state index in [9.17, 15) is 4.79 Å². The molecule has 4 nitrogen and oxygen atoms in total. The Morgan fingerprint density at radius 1 is 1.75 bits per heavy atom. The summed E-state index contributed by atoms with van der Waals surface area (Å²) in [5.41, 5.74) is 6.02. The van der Waals surface area contributed by atoms with E-state index in [1.54, 1.807) is 6.08 Å². The minimum atomic E-state index is -0.0986. The molecule has 3 unspecified atom stereocenters. The number of nitrogens with one attached hydrogen (secondary N) is 1. The second kappa shape index (κ2) is 6.01. The van der Waals surface area contributed by atoms with Crippen LogP contribution in [0.3, 0.4) is 0 Å². The second-order valence-electron chi connectivity index (χ2n) is 4.63. The minimum absolute atomic E-state index is 0.0571. The van der Waals surface area contributed by atoms with E-state index in [2.05, 4.69) is 23.7 Å². The summed E-state index contributed by atoms with van der Waals surface area (Å²) in [4.78, 5) is 13.9. The van der Waals surface area contributed by atoms with Crippen LogP contribution in [0.25, 0.3) is 0 Å². The van der Waals surface area contributed by atoms with Crippen LogP contribution >= 0.6 is 0 Å². The van der Waals surface area contributed by atoms with Crippen LogP contribution in [0, 0.1) is 5.92 Å². The summed E-state index contributed by atoms with van der Waals surface area (Å²) in [5, 5.41) is 2.82. The number of hydrogen-bond donors (Lipinski definition) is 2. The largest absolute Gasteiger partial charge is 0.351 e. The molecule has 0 aromatic heterocycles. The van der Waals surface area contributed by atoms with Crippen molar-refractivity contribution in [1.29, 1.82) is 0 Å². The zero-order chi connectivity index (χ0) is 12.1. The van der Waals surface area contributed by atoms with Gasteiger partial charge in [0.05, 0.1) is 6.04 Å². The molecule has 1 rings (SSSR count). The molecular formula is C12H23N3O. The van der Waals surface area contributed by atoms with Crippen LogP contribution in [-0.4, -0.2) is 42.5 Å². The van der Waals surface area contributed by atoms with Gasteiger partial charge in [0, 0.05) is 19.1 Å². The predicted octanol–water partition coefficient (Wildman–Crippen LogP) is 0.346. The summed E-state index contributed by atoms with van der Waals surface area (Å²) in [6, 6.07) is 0.0851. The highest BCUT2D eigenvalue weighted by Crippen LogP contribution is 2.17. The maximum Gasteiger partial charge on any atom is 0.237 e. The van der Waals surface area contributed by atoms with Gasteiger partial charge in [-0.3, -0.25) is 9.69 Å². The van der Waals surface area contributed by atoms with Crippen molar-refractivity contribution in [2.75, 3.05) is 19.6 Å². The fraction of sp³-hybridized carbons (Fsp3) is 0.750. The molecular weight excluding hydrogens is 202 g/mol. The summed E-state index contributed by atoms with van der Waals surface area (Å²) < 4.78 is 0. The fourth-order valence-corrected chi connectivity index (χ4v) is 1.96. The van der Waals surface area contributed by atoms with Crippen LogP contribution < -0.4 is 11.1 Å². The third-order valence-electron chi connectivity index (χ3n) is 3.40. The molecule has 0 aliphatic carbocycles. The molecule has 1 amide bonds. The van der Waals surface area contributed by atoms with Gasteiger partial charge in [-0.1, -0.05) is 13.0 Å². The normalized spacial score (nSPS) is 28.4. The van der Waals surface area contributed by atoms with Crippen LogP contribution in [0.15, 0.2) is 12.7 Å². The lowest BCUT2D eigenvalue weighted by molar-refractivity contribution is -0.126. The van der Waals surface area contributed by atoms with Gasteiger partial charge in [0.2, 0.25) is 5.91 Å². The molecule has 0 bridgehead atoms. The standard InChI is InChI=1S/C12H23N3O/c1-4-6-14-12(16)10(3)15-7-5-9(2)11(13)8-15/h4,9-11H,1,5-8,13H2,2-3H3,(H,14,16). The Labute approximate surface area is 97.9 Å². The molecule has 3 N–H and O–H groups in total. The third-order valence-corrected chi connectivity index (χ3v) is 3.40. The van der Waals surface area contributed by atoms with Crippen molar-refractivity contribution in [1.82, 2.24) is 10.2 Å². The predicted molar refractivity (Wildman–Crippen MR) is 66.0 cm³/mol. The highest BCUT2D eigenvalue weighted by atomic mass is 16.2. The SMILES string of the molecule is C=CCNC(=O)C(C)N1CCC(C)C(N)C1. The van der Waals surface area contributed by atoms with E-state index in [1.165, 1.54) is 0 Å². The number of piperidine rings is 1. The molecule has 0 aromatic carbocycles. The Morgan fingerprint density at radius 3 is 3.00 bits per heavy atom. The summed E-state index contributed by atoms with van der Waals surface area (Å²) >= 11 is 0. The van der Waals surface area contributed by atoms with Gasteiger partial charge in [-0.2, -0.15) is 0 Å². The quantitative estimate of drug-likeness (QED) is 0.679. The van der Waals surface area contributed by atoms with Gasteiger partial charge in [-0.25, -0.2) is 0 Å². The first-order valence-corrected chi connectivity index (χ1v) is 5.94. The summed E-state index contributed by atoms with van der Waals surface area (Å²) in [6.45, 7) is 9.97. The van der Waals surface area contributed by atoms with Crippen molar-refractivity contribution >= 4 is 5.91 Å². The van der Waals surface area contributed by atoms with Crippen LogP contribution in [0.4, 0.5) is 0 Å². The smallest absolute Gasteiger partial charge is 0.237 e. The van der Waals surface area contributed by atoms with Crippen LogP contribution in [0.1, 0.15) is 20.3 Å². The monoisotopic (exact) mass is 225 g/mol. The van der Waals surface area contributed by atoms with E-state index < -0.39 is 0 Å². The third kappa shape index (κ3) is 3.32. The average molecular weight is 225 g/mol. The van der Waals surface area contributed by atoms with Crippen LogP contribution in [0.5, 0.6) is 0 Å². The number of rotatable bonds is 4. The molecule has 3 atom stereocenters. The first-order chi connectivity index (χ1) is 7.56. The van der Waals surface area contributed by atoms with Gasteiger partial charge in [-0.15, -0.1) is 6.58 Å². The molecule has 0 saturated carbocycles. The molecule has 16 heavy (non-hydrogen) atoms. The van der Waals surface area contributed by atoms with Crippen molar-refractivity contribution in [2.24, 2.45) is 11.7 Å². The molecule has 1 aliphatic rings. The van der Waals surface area contributed by atoms with Gasteiger partial charge in [-0.05, 0) is 25.8 Å². The topological polar surface area (TPSA) is 58.4 Å². The Bertz CT molecular complexity index is 255. The van der Waals surface area contributed by atoms with E-state index in [0.29, 0.717) is 12.5 Å². The van der Waals surface area contributed by atoms with Crippen molar-refractivity contribution in [3.8, 4) is 0 Å². The first kappa shape index (κ1) is 13.2. The fourth-order valence-electron chi connectivity index (χ4n) is 1.96. The lowest BCUT2D eigenvalue weighted by atomic mass is 9.93. The van der Waals surface area contributed by atoms with Crippen molar-refractivity contribution < 1.29 is 4.79 Å². The van der Waals surface area contributed by atoms with Gasteiger partial charge in [0.1, 0.15) is 0 Å². The van der Waals surface area contributed by atoms with E-state index in [0.717, 1.165) is 19.5 Å². The van der Waals surface area contributed by atoms with E-state index in [1.807, 2.05) is 6.92 Å². The average Bonchev–Trinajstić information content (AvgIpc) is 2.28. The number of likely N-dealkylation sites (tertiary alicyclic amines) is 1. The Kier molecular flexibility index (Phi) is 4.96. The molecule has 1 aliphatic heterocycles. The van der Waals surface area contributed by atoms with Crippen LogP contribution in [-0.2, 0) is 4.79 Å². The lowest BCUT2D eigenvalue weighted by Gasteiger charge is -2.37. The number of amides is 1. The Balaban J connectivity index is 2.44. The maximum absolute atomic E-state index is 11.7. The van der Waals surface area contributed by atoms with Crippen molar-refractivity contribution in [2.45, 2.75) is 32.4 Å². The number of carbonyl (C=O) groups is 1. The molecule has 92 valence electrons. The lowest BCUT2D eigenvalue weighted by Crippen LogP contribution is -2.54. The van der Waals surface area contributed by atoms with E-state index in [4.69, 9.17) is 5.73 Å². The minimum Gasteiger partial charge on any atom is -0.351 e. The zero-order valence-electron chi connectivity index (χ0n) is 10.3. The van der Waals surface area contributed by atoms with Gasteiger partial charge >= 0.3 is 0 Å². The number of hydrogen-bond acceptors (Lipinski definition) is 3. The number of carbonyl (C=O) groups excluding carboxylic acids is 1. The van der Waals surface area contributed by atoms with Crippen molar-refractivity contribution in [3.63, 3.8) is 0 Å². The van der Waals surface area contributed by atoms with Crippen LogP contribution in [0.2, 0.25) is 0 Å². The molecule has 0 radical (unpaired) electrons. The number of nitrogens with two attached hydrogens (primary N) is 1. The van der Waals surface area contributed by atoms with Crippen molar-refractivity contribution in [3.05, 3.63) is 12.7 Å². The zero-order valence-corrected chi connectivity index (χ0v) is 10.3. The molecule has 1 heterocycles. The Morgan fingerprint density at radius 2 is 2.44 bits per heavy atom. The maximum atomic E-state index is 11.7. The van der Waals surface area contributed by atoms with E-state index >= 15 is 0 Å². The Hall–Kier alpha value is -0.870. The van der Waals surface area contributed by atoms with Gasteiger partial charge in [0.25, 0.3) is 0 Å². The summed E-state index contributed by atoms with van der Waals surface area (Å²) in [5.74, 6) is 0.612. The number of nitrogens with zero attached hydrogens (tertiary/aromatic N) is 1.